The monoisotopic (exact) mass is 417 g/mol. The zero-order valence-corrected chi connectivity index (χ0v) is 18.6. The zero-order chi connectivity index (χ0) is 21.4. The lowest BCUT2D eigenvalue weighted by Crippen LogP contribution is -2.24. The molecule has 1 aliphatic carbocycles. The molecule has 1 saturated carbocycles. The second-order valence-corrected chi connectivity index (χ2v) is 9.31. The van der Waals surface area contributed by atoms with Gasteiger partial charge in [-0.25, -0.2) is 0 Å². The van der Waals surface area contributed by atoms with Gasteiger partial charge in [-0.1, -0.05) is 6.07 Å². The van der Waals surface area contributed by atoms with Gasteiger partial charge in [0.1, 0.15) is 5.82 Å². The summed E-state index contributed by atoms with van der Waals surface area (Å²) in [5, 5.41) is 16.7. The third kappa shape index (κ3) is 4.32. The maximum atomic E-state index is 4.58. The average molecular weight is 418 g/mol. The zero-order valence-electron chi connectivity index (χ0n) is 18.6. The highest BCUT2D eigenvalue weighted by molar-refractivity contribution is 5.61. The summed E-state index contributed by atoms with van der Waals surface area (Å²) in [6, 6.07) is 8.24. The van der Waals surface area contributed by atoms with E-state index in [0.29, 0.717) is 0 Å². The summed E-state index contributed by atoms with van der Waals surface area (Å²) in [6.45, 7) is 8.53. The Balaban J connectivity index is 1.11. The minimum atomic E-state index is 0.718. The largest absolute Gasteiger partial charge is 0.368 e. The van der Waals surface area contributed by atoms with Crippen LogP contribution in [0.1, 0.15) is 29.8 Å². The van der Waals surface area contributed by atoms with Gasteiger partial charge in [-0.2, -0.15) is 5.10 Å². The van der Waals surface area contributed by atoms with Crippen LogP contribution in [0.3, 0.4) is 0 Å². The maximum absolute atomic E-state index is 4.58. The van der Waals surface area contributed by atoms with Crippen LogP contribution >= 0.6 is 0 Å². The number of nitrogens with one attached hydrogen (secondary N) is 1. The molecule has 0 aromatic carbocycles. The minimum absolute atomic E-state index is 0.718. The van der Waals surface area contributed by atoms with E-state index in [1.165, 1.54) is 37.2 Å². The van der Waals surface area contributed by atoms with Crippen molar-refractivity contribution < 1.29 is 0 Å². The molecule has 7 heteroatoms. The number of rotatable bonds is 6. The smallest absolute Gasteiger partial charge is 0.148 e. The van der Waals surface area contributed by atoms with Crippen molar-refractivity contribution in [1.82, 2.24) is 29.9 Å². The van der Waals surface area contributed by atoms with Crippen molar-refractivity contribution in [2.24, 2.45) is 24.8 Å². The number of pyridine rings is 1. The maximum Gasteiger partial charge on any atom is 0.148 e. The van der Waals surface area contributed by atoms with Crippen molar-refractivity contribution in [2.75, 3.05) is 25.0 Å². The van der Waals surface area contributed by atoms with Crippen LogP contribution in [0, 0.1) is 31.6 Å². The van der Waals surface area contributed by atoms with Gasteiger partial charge < -0.3 is 5.32 Å². The first-order valence-corrected chi connectivity index (χ1v) is 11.3. The third-order valence-corrected chi connectivity index (χ3v) is 6.94. The molecule has 3 aromatic heterocycles. The number of hydrogen-bond acceptors (Lipinski definition) is 6. The number of fused-ring (bicyclic) bond motifs is 1. The lowest BCUT2D eigenvalue weighted by atomic mass is 10.0. The summed E-state index contributed by atoms with van der Waals surface area (Å²) in [6.07, 6.45) is 6.50. The van der Waals surface area contributed by atoms with Gasteiger partial charge in [0.25, 0.3) is 0 Å². The van der Waals surface area contributed by atoms with Gasteiger partial charge in [-0.3, -0.25) is 14.6 Å². The van der Waals surface area contributed by atoms with Gasteiger partial charge in [0.2, 0.25) is 0 Å². The van der Waals surface area contributed by atoms with Crippen LogP contribution in [0.4, 0.5) is 5.82 Å². The van der Waals surface area contributed by atoms with Gasteiger partial charge >= 0.3 is 0 Å². The fourth-order valence-corrected chi connectivity index (χ4v) is 5.38. The average Bonchev–Trinajstić information content (AvgIpc) is 3.41. The van der Waals surface area contributed by atoms with Crippen LogP contribution in [0.2, 0.25) is 0 Å². The van der Waals surface area contributed by atoms with Crippen molar-refractivity contribution in [3.05, 3.63) is 53.6 Å². The van der Waals surface area contributed by atoms with E-state index in [4.69, 9.17) is 0 Å². The molecule has 7 nitrogen and oxygen atoms in total. The molecule has 1 N–H and O–H groups in total. The Bertz CT molecular complexity index is 1030. The third-order valence-electron chi connectivity index (χ3n) is 6.94. The van der Waals surface area contributed by atoms with E-state index < -0.39 is 0 Å². The summed E-state index contributed by atoms with van der Waals surface area (Å²) >= 11 is 0. The van der Waals surface area contributed by atoms with Crippen LogP contribution in [-0.4, -0.2) is 49.5 Å². The number of hydrogen-bond donors (Lipinski definition) is 1. The molecular weight excluding hydrogens is 386 g/mol. The first-order chi connectivity index (χ1) is 15.0. The molecule has 31 heavy (non-hydrogen) atoms. The molecule has 0 amide bonds. The van der Waals surface area contributed by atoms with Crippen LogP contribution in [0.5, 0.6) is 0 Å². The topological polar surface area (TPSA) is 71.8 Å². The van der Waals surface area contributed by atoms with Crippen molar-refractivity contribution in [3.63, 3.8) is 0 Å². The van der Waals surface area contributed by atoms with Gasteiger partial charge in [0, 0.05) is 51.2 Å². The second-order valence-electron chi connectivity index (χ2n) is 9.31. The molecule has 4 heterocycles. The van der Waals surface area contributed by atoms with Crippen LogP contribution in [0.25, 0.3) is 11.3 Å². The highest BCUT2D eigenvalue weighted by Gasteiger charge is 2.40. The Kier molecular flexibility index (Phi) is 5.44. The Morgan fingerprint density at radius 1 is 1.06 bits per heavy atom. The Morgan fingerprint density at radius 3 is 2.52 bits per heavy atom. The summed E-state index contributed by atoms with van der Waals surface area (Å²) < 4.78 is 1.81. The summed E-state index contributed by atoms with van der Waals surface area (Å²) in [4.78, 5) is 7.17. The lowest BCUT2D eigenvalue weighted by Gasteiger charge is -2.19. The molecule has 0 spiro atoms. The van der Waals surface area contributed by atoms with Crippen molar-refractivity contribution >= 4 is 5.82 Å². The first-order valence-electron chi connectivity index (χ1n) is 11.3. The second kappa shape index (κ2) is 8.38. The van der Waals surface area contributed by atoms with E-state index >= 15 is 0 Å². The van der Waals surface area contributed by atoms with Gasteiger partial charge in [0.05, 0.1) is 17.1 Å². The fraction of sp³-hybridized carbons (Fsp3) is 0.500. The van der Waals surface area contributed by atoms with Gasteiger partial charge in [0.15, 0.2) is 0 Å². The molecule has 162 valence electrons. The highest BCUT2D eigenvalue weighted by atomic mass is 15.3. The van der Waals surface area contributed by atoms with Crippen molar-refractivity contribution in [2.45, 2.75) is 33.2 Å². The van der Waals surface area contributed by atoms with Crippen LogP contribution in [0.15, 0.2) is 36.7 Å². The van der Waals surface area contributed by atoms with Crippen molar-refractivity contribution in [3.8, 4) is 11.3 Å². The Hall–Kier alpha value is -2.80. The number of likely N-dealkylation sites (tertiary alicyclic amines) is 1. The molecule has 1 unspecified atom stereocenters. The fourth-order valence-electron chi connectivity index (χ4n) is 5.38. The molecule has 3 aromatic rings. The molecule has 3 atom stereocenters. The number of nitrogens with zero attached hydrogens (tertiary/aromatic N) is 6. The number of aromatic nitrogens is 5. The molecule has 0 bridgehead atoms. The van der Waals surface area contributed by atoms with Crippen LogP contribution in [-0.2, 0) is 13.6 Å². The minimum Gasteiger partial charge on any atom is -0.368 e. The molecule has 2 aliphatic rings. The number of aryl methyl sites for hydroxylation is 3. The quantitative estimate of drug-likeness (QED) is 0.662. The predicted octanol–water partition coefficient (Wildman–Crippen LogP) is 3.46. The summed E-state index contributed by atoms with van der Waals surface area (Å²) in [5.74, 6) is 3.21. The van der Waals surface area contributed by atoms with E-state index in [-0.39, 0.29) is 0 Å². The normalized spacial score (nSPS) is 23.3. The van der Waals surface area contributed by atoms with Gasteiger partial charge in [-0.15, -0.1) is 10.2 Å². The Labute approximate surface area is 183 Å². The Morgan fingerprint density at radius 2 is 1.87 bits per heavy atom. The van der Waals surface area contributed by atoms with E-state index in [0.717, 1.165) is 53.6 Å². The van der Waals surface area contributed by atoms with E-state index in [9.17, 15) is 0 Å². The molecule has 1 aliphatic heterocycles. The SMILES string of the molecule is Cc1cccnc1CN1C[C@H]2CC(CNc3ccc(-c4cn(C)nc4C)nn3)C[C@H]2C1. The molecule has 2 fully saturated rings. The predicted molar refractivity (Wildman–Crippen MR) is 121 cm³/mol. The van der Waals surface area contributed by atoms with Crippen LogP contribution < -0.4 is 5.32 Å². The van der Waals surface area contributed by atoms with E-state index in [1.54, 1.807) is 0 Å². The summed E-state index contributed by atoms with van der Waals surface area (Å²) in [7, 11) is 1.93. The summed E-state index contributed by atoms with van der Waals surface area (Å²) in [5.41, 5.74) is 5.41. The standard InChI is InChI=1S/C24H31N7/c1-16-5-4-8-25-23(16)15-31-12-19-9-18(10-20(19)13-31)11-26-24-7-6-22(27-28-24)21-14-30(3)29-17(21)2/h4-8,14,18-20H,9-13,15H2,1-3H3,(H,26,28)/t18?,19-,20+. The van der Waals surface area contributed by atoms with Gasteiger partial charge in [-0.05, 0) is 68.2 Å². The molecule has 0 radical (unpaired) electrons. The lowest BCUT2D eigenvalue weighted by molar-refractivity contribution is 0.288. The first kappa shape index (κ1) is 20.1. The highest BCUT2D eigenvalue weighted by Crippen LogP contribution is 2.42. The molecule has 1 saturated heterocycles. The van der Waals surface area contributed by atoms with Crippen molar-refractivity contribution in [1.29, 1.82) is 0 Å². The van der Waals surface area contributed by atoms with E-state index in [2.05, 4.69) is 43.5 Å². The number of anilines is 1. The molecular formula is C24H31N7. The van der Waals surface area contributed by atoms with E-state index in [1.807, 2.05) is 49.2 Å². The molecule has 5 rings (SSSR count).